The Balaban J connectivity index is 1.70. The molecule has 0 spiro atoms. The molecule has 2 aliphatic rings. The van der Waals surface area contributed by atoms with Gasteiger partial charge in [0, 0.05) is 52.9 Å². The highest BCUT2D eigenvalue weighted by atomic mass is 16.5. The van der Waals surface area contributed by atoms with Gasteiger partial charge < -0.3 is 19.5 Å². The Kier molecular flexibility index (Phi) is 5.81. The van der Waals surface area contributed by atoms with E-state index in [1.165, 1.54) is 0 Å². The molecule has 0 aromatic carbocycles. The molecule has 0 bridgehead atoms. The molecule has 20 heavy (non-hydrogen) atoms. The van der Waals surface area contributed by atoms with Crippen LogP contribution in [0, 0.1) is 5.92 Å². The van der Waals surface area contributed by atoms with Crippen LogP contribution >= 0.6 is 0 Å². The van der Waals surface area contributed by atoms with Gasteiger partial charge >= 0.3 is 0 Å². The Hall–Kier alpha value is -0.650. The van der Waals surface area contributed by atoms with E-state index in [2.05, 4.69) is 0 Å². The minimum atomic E-state index is -0.859. The molecule has 0 atom stereocenters. The van der Waals surface area contributed by atoms with Crippen molar-refractivity contribution >= 4 is 5.91 Å². The van der Waals surface area contributed by atoms with Gasteiger partial charge in [-0.3, -0.25) is 4.79 Å². The molecule has 0 saturated carbocycles. The maximum absolute atomic E-state index is 12.2. The van der Waals surface area contributed by atoms with Gasteiger partial charge in [-0.15, -0.1) is 0 Å². The molecule has 116 valence electrons. The van der Waals surface area contributed by atoms with Crippen LogP contribution in [-0.2, 0) is 14.3 Å². The van der Waals surface area contributed by atoms with Crippen LogP contribution in [0.4, 0.5) is 0 Å². The number of carbonyl (C=O) groups excluding carboxylic acids is 1. The lowest BCUT2D eigenvalue weighted by Gasteiger charge is -2.33. The molecule has 5 nitrogen and oxygen atoms in total. The number of carbonyl (C=O) groups is 1. The summed E-state index contributed by atoms with van der Waals surface area (Å²) in [6, 6.07) is 0. The fourth-order valence-corrected chi connectivity index (χ4v) is 2.88. The highest BCUT2D eigenvalue weighted by Crippen LogP contribution is 2.25. The molecule has 1 N–H and O–H groups in total. The van der Waals surface area contributed by atoms with E-state index in [0.29, 0.717) is 32.0 Å². The number of ether oxygens (including phenoxy) is 2. The average molecular weight is 285 g/mol. The standard InChI is InChI=1S/C15H27NO4/c1-16(7-2-13-3-8-19-9-4-13)14(17)12-15(18)5-10-20-11-6-15/h13,18H,2-12H2,1H3. The lowest BCUT2D eigenvalue weighted by molar-refractivity contribution is -0.139. The topological polar surface area (TPSA) is 59.0 Å². The minimum absolute atomic E-state index is 0.0430. The van der Waals surface area contributed by atoms with Crippen LogP contribution in [0.1, 0.15) is 38.5 Å². The third-order valence-electron chi connectivity index (χ3n) is 4.54. The zero-order valence-electron chi connectivity index (χ0n) is 12.5. The predicted molar refractivity (Wildman–Crippen MR) is 75.4 cm³/mol. The van der Waals surface area contributed by atoms with Crippen molar-refractivity contribution in [3.05, 3.63) is 0 Å². The van der Waals surface area contributed by atoms with Crippen molar-refractivity contribution < 1.29 is 19.4 Å². The molecule has 0 aromatic rings. The molecule has 0 radical (unpaired) electrons. The van der Waals surface area contributed by atoms with Crippen LogP contribution in [0.3, 0.4) is 0 Å². The lowest BCUT2D eigenvalue weighted by atomic mass is 9.90. The van der Waals surface area contributed by atoms with E-state index >= 15 is 0 Å². The summed E-state index contributed by atoms with van der Waals surface area (Å²) in [5.74, 6) is 0.714. The molecule has 2 fully saturated rings. The van der Waals surface area contributed by atoms with Crippen LogP contribution in [-0.4, -0.2) is 61.5 Å². The van der Waals surface area contributed by atoms with Crippen LogP contribution < -0.4 is 0 Å². The summed E-state index contributed by atoms with van der Waals surface area (Å²) in [7, 11) is 1.84. The fraction of sp³-hybridized carbons (Fsp3) is 0.933. The summed E-state index contributed by atoms with van der Waals surface area (Å²) < 4.78 is 10.6. The fourth-order valence-electron chi connectivity index (χ4n) is 2.88. The van der Waals surface area contributed by atoms with Gasteiger partial charge in [-0.1, -0.05) is 0 Å². The second-order valence-electron chi connectivity index (χ2n) is 6.17. The third kappa shape index (κ3) is 4.72. The van der Waals surface area contributed by atoms with E-state index in [-0.39, 0.29) is 12.3 Å². The smallest absolute Gasteiger partial charge is 0.225 e. The Labute approximate surface area is 121 Å². The van der Waals surface area contributed by atoms with Crippen LogP contribution in [0.25, 0.3) is 0 Å². The van der Waals surface area contributed by atoms with Gasteiger partial charge in [0.15, 0.2) is 0 Å². The van der Waals surface area contributed by atoms with Crippen LogP contribution in [0.15, 0.2) is 0 Å². The summed E-state index contributed by atoms with van der Waals surface area (Å²) >= 11 is 0. The van der Waals surface area contributed by atoms with Crippen molar-refractivity contribution in [2.24, 2.45) is 5.92 Å². The monoisotopic (exact) mass is 285 g/mol. The Bertz CT molecular complexity index is 309. The summed E-state index contributed by atoms with van der Waals surface area (Å²) in [6.07, 6.45) is 4.58. The average Bonchev–Trinajstić information content (AvgIpc) is 2.46. The van der Waals surface area contributed by atoms with Crippen molar-refractivity contribution in [2.75, 3.05) is 40.0 Å². The molecule has 2 heterocycles. The van der Waals surface area contributed by atoms with E-state index in [1.807, 2.05) is 7.05 Å². The number of nitrogens with zero attached hydrogens (tertiary/aromatic N) is 1. The summed E-state index contributed by atoms with van der Waals surface area (Å²) in [6.45, 7) is 3.57. The molecular weight excluding hydrogens is 258 g/mol. The SMILES string of the molecule is CN(CCC1CCOCC1)C(=O)CC1(O)CCOCC1. The summed E-state index contributed by atoms with van der Waals surface area (Å²) in [5.41, 5.74) is -0.859. The van der Waals surface area contributed by atoms with Crippen molar-refractivity contribution in [3.63, 3.8) is 0 Å². The van der Waals surface area contributed by atoms with E-state index < -0.39 is 5.60 Å². The molecular formula is C15H27NO4. The van der Waals surface area contributed by atoms with E-state index in [0.717, 1.165) is 39.0 Å². The highest BCUT2D eigenvalue weighted by Gasteiger charge is 2.33. The first-order valence-corrected chi connectivity index (χ1v) is 7.71. The summed E-state index contributed by atoms with van der Waals surface area (Å²) in [5, 5.41) is 10.4. The molecule has 0 aromatic heterocycles. The molecule has 2 aliphatic heterocycles. The van der Waals surface area contributed by atoms with Crippen molar-refractivity contribution in [1.29, 1.82) is 0 Å². The minimum Gasteiger partial charge on any atom is -0.389 e. The van der Waals surface area contributed by atoms with Gasteiger partial charge in [-0.2, -0.15) is 0 Å². The molecule has 0 unspecified atom stereocenters. The van der Waals surface area contributed by atoms with Crippen molar-refractivity contribution in [1.82, 2.24) is 4.90 Å². The van der Waals surface area contributed by atoms with Crippen molar-refractivity contribution in [3.8, 4) is 0 Å². The number of hydrogen-bond donors (Lipinski definition) is 1. The number of amides is 1. The second kappa shape index (κ2) is 7.38. The zero-order valence-corrected chi connectivity index (χ0v) is 12.5. The molecule has 2 rings (SSSR count). The van der Waals surface area contributed by atoms with Gasteiger partial charge in [0.25, 0.3) is 0 Å². The van der Waals surface area contributed by atoms with Crippen LogP contribution in [0.5, 0.6) is 0 Å². The van der Waals surface area contributed by atoms with E-state index in [4.69, 9.17) is 9.47 Å². The van der Waals surface area contributed by atoms with Gasteiger partial charge in [0.2, 0.25) is 5.91 Å². The quantitative estimate of drug-likeness (QED) is 0.824. The largest absolute Gasteiger partial charge is 0.389 e. The third-order valence-corrected chi connectivity index (χ3v) is 4.54. The van der Waals surface area contributed by atoms with Gasteiger partial charge in [0.1, 0.15) is 0 Å². The highest BCUT2D eigenvalue weighted by molar-refractivity contribution is 5.77. The van der Waals surface area contributed by atoms with Gasteiger partial charge in [0.05, 0.1) is 12.0 Å². The Morgan fingerprint density at radius 3 is 2.45 bits per heavy atom. The number of rotatable bonds is 5. The van der Waals surface area contributed by atoms with Crippen LogP contribution in [0.2, 0.25) is 0 Å². The molecule has 0 aliphatic carbocycles. The van der Waals surface area contributed by atoms with E-state index in [1.54, 1.807) is 4.90 Å². The Morgan fingerprint density at radius 1 is 1.20 bits per heavy atom. The Morgan fingerprint density at radius 2 is 1.80 bits per heavy atom. The first-order chi connectivity index (χ1) is 9.59. The van der Waals surface area contributed by atoms with Gasteiger partial charge in [-0.25, -0.2) is 0 Å². The predicted octanol–water partition coefficient (Wildman–Crippen LogP) is 1.19. The molecule has 2 saturated heterocycles. The maximum atomic E-state index is 12.2. The second-order valence-corrected chi connectivity index (χ2v) is 6.17. The molecule has 1 amide bonds. The number of hydrogen-bond acceptors (Lipinski definition) is 4. The van der Waals surface area contributed by atoms with E-state index in [9.17, 15) is 9.90 Å². The lowest BCUT2D eigenvalue weighted by Crippen LogP contribution is -2.42. The van der Waals surface area contributed by atoms with Crippen molar-refractivity contribution in [2.45, 2.75) is 44.1 Å². The zero-order chi connectivity index (χ0) is 14.4. The normalized spacial score (nSPS) is 23.5. The summed E-state index contributed by atoms with van der Waals surface area (Å²) in [4.78, 5) is 14.0. The first-order valence-electron chi connectivity index (χ1n) is 7.71. The molecule has 5 heteroatoms. The first kappa shape index (κ1) is 15.7. The number of aliphatic hydroxyl groups is 1. The van der Waals surface area contributed by atoms with Gasteiger partial charge in [-0.05, 0) is 25.2 Å². The maximum Gasteiger partial charge on any atom is 0.225 e.